The van der Waals surface area contributed by atoms with Crippen LogP contribution in [0.4, 0.5) is 5.69 Å². The molecule has 174 valence electrons. The molecule has 2 aromatic carbocycles. The zero-order valence-electron chi connectivity index (χ0n) is 18.4. The number of carbonyl (C=O) groups is 1. The monoisotopic (exact) mass is 492 g/mol. The van der Waals surface area contributed by atoms with Crippen molar-refractivity contribution in [2.45, 2.75) is 30.6 Å². The van der Waals surface area contributed by atoms with Crippen LogP contribution in [0.2, 0.25) is 0 Å². The third-order valence-corrected chi connectivity index (χ3v) is 7.17. The molecule has 5 rings (SSSR count). The number of rotatable bonds is 9. The maximum Gasteiger partial charge on any atom is 0.234 e. The highest BCUT2D eigenvalue weighted by Crippen LogP contribution is 2.31. The van der Waals surface area contributed by atoms with Crippen LogP contribution >= 0.6 is 23.1 Å². The average molecular weight is 493 g/mol. The Labute approximate surface area is 206 Å². The van der Waals surface area contributed by atoms with Crippen LogP contribution in [-0.2, 0) is 16.1 Å². The van der Waals surface area contributed by atoms with Gasteiger partial charge in [0.2, 0.25) is 5.91 Å². The minimum atomic E-state index is -0.140. The molecule has 1 fully saturated rings. The standard InChI is InChI=1S/C25H24N4O3S2/c30-23(26-20-11-4-5-12-21(20)32-18-8-2-1-3-9-18)17-34-25-28-27-24(22-13-7-15-33-22)29(25)16-19-10-6-14-31-19/h1-5,7-9,11-13,15,19H,6,10,14,16-17H2,(H,26,30). The number of benzene rings is 2. The van der Waals surface area contributed by atoms with Gasteiger partial charge in [-0.05, 0) is 48.6 Å². The van der Waals surface area contributed by atoms with Gasteiger partial charge in [-0.2, -0.15) is 0 Å². The highest BCUT2D eigenvalue weighted by atomic mass is 32.2. The summed E-state index contributed by atoms with van der Waals surface area (Å²) in [4.78, 5) is 13.9. The molecule has 1 unspecified atom stereocenters. The molecule has 1 aliphatic heterocycles. The van der Waals surface area contributed by atoms with Crippen LogP contribution in [0.1, 0.15) is 12.8 Å². The summed E-state index contributed by atoms with van der Waals surface area (Å²) in [6.45, 7) is 1.47. The van der Waals surface area contributed by atoms with Gasteiger partial charge in [-0.15, -0.1) is 21.5 Å². The van der Waals surface area contributed by atoms with Crippen molar-refractivity contribution in [1.29, 1.82) is 0 Å². The highest BCUT2D eigenvalue weighted by Gasteiger charge is 2.22. The Morgan fingerprint density at radius 3 is 2.76 bits per heavy atom. The molecular weight excluding hydrogens is 468 g/mol. The second kappa shape index (κ2) is 10.9. The predicted octanol–water partition coefficient (Wildman–Crippen LogP) is 5.71. The second-order valence-corrected chi connectivity index (χ2v) is 9.67. The summed E-state index contributed by atoms with van der Waals surface area (Å²) in [6, 6.07) is 20.9. The van der Waals surface area contributed by atoms with E-state index in [1.807, 2.05) is 72.1 Å². The Kier molecular flexibility index (Phi) is 7.23. The molecule has 34 heavy (non-hydrogen) atoms. The molecule has 1 N–H and O–H groups in total. The molecule has 0 spiro atoms. The van der Waals surface area contributed by atoms with Crippen LogP contribution in [0.5, 0.6) is 11.5 Å². The van der Waals surface area contributed by atoms with Gasteiger partial charge in [0, 0.05) is 6.61 Å². The number of hydrogen-bond donors (Lipinski definition) is 1. The van der Waals surface area contributed by atoms with Gasteiger partial charge in [0.15, 0.2) is 16.7 Å². The molecule has 1 amide bonds. The number of thiophene rings is 1. The molecule has 0 aliphatic carbocycles. The Hall–Kier alpha value is -3.14. The van der Waals surface area contributed by atoms with E-state index < -0.39 is 0 Å². The molecule has 7 nitrogen and oxygen atoms in total. The van der Waals surface area contributed by atoms with Crippen molar-refractivity contribution in [3.8, 4) is 22.2 Å². The second-order valence-electron chi connectivity index (χ2n) is 7.78. The van der Waals surface area contributed by atoms with E-state index in [0.29, 0.717) is 28.9 Å². The van der Waals surface area contributed by atoms with Crippen LogP contribution in [0.25, 0.3) is 10.7 Å². The fourth-order valence-electron chi connectivity index (χ4n) is 3.73. The van der Waals surface area contributed by atoms with E-state index in [0.717, 1.165) is 30.2 Å². The molecular formula is C25H24N4O3S2. The SMILES string of the molecule is O=C(CSc1nnc(-c2cccs2)n1CC1CCCO1)Nc1ccccc1Oc1ccccc1. The van der Waals surface area contributed by atoms with Crippen molar-refractivity contribution in [2.75, 3.05) is 17.7 Å². The van der Waals surface area contributed by atoms with Gasteiger partial charge in [-0.1, -0.05) is 48.2 Å². The van der Waals surface area contributed by atoms with Crippen molar-refractivity contribution in [3.05, 3.63) is 72.1 Å². The van der Waals surface area contributed by atoms with E-state index in [1.165, 1.54) is 11.8 Å². The molecule has 1 atom stereocenters. The van der Waals surface area contributed by atoms with Crippen LogP contribution in [0, 0.1) is 0 Å². The van der Waals surface area contributed by atoms with E-state index in [9.17, 15) is 4.79 Å². The van der Waals surface area contributed by atoms with Crippen LogP contribution in [0.15, 0.2) is 77.3 Å². The minimum absolute atomic E-state index is 0.140. The number of thioether (sulfide) groups is 1. The molecule has 0 saturated carbocycles. The molecule has 1 aliphatic rings. The lowest BCUT2D eigenvalue weighted by Crippen LogP contribution is -2.18. The van der Waals surface area contributed by atoms with Crippen molar-refractivity contribution >= 4 is 34.7 Å². The van der Waals surface area contributed by atoms with E-state index in [-0.39, 0.29) is 17.8 Å². The fourth-order valence-corrected chi connectivity index (χ4v) is 5.20. The first-order valence-corrected chi connectivity index (χ1v) is 13.0. The maximum atomic E-state index is 12.8. The Morgan fingerprint density at radius 1 is 1.12 bits per heavy atom. The van der Waals surface area contributed by atoms with Crippen molar-refractivity contribution in [3.63, 3.8) is 0 Å². The molecule has 4 aromatic rings. The van der Waals surface area contributed by atoms with Crippen LogP contribution in [-0.4, -0.2) is 39.1 Å². The number of carbonyl (C=O) groups excluding carboxylic acids is 1. The van der Waals surface area contributed by atoms with E-state index in [4.69, 9.17) is 9.47 Å². The highest BCUT2D eigenvalue weighted by molar-refractivity contribution is 7.99. The summed E-state index contributed by atoms with van der Waals surface area (Å²) >= 11 is 2.99. The first-order chi connectivity index (χ1) is 16.8. The van der Waals surface area contributed by atoms with Gasteiger partial charge in [-0.25, -0.2) is 0 Å². The number of nitrogens with one attached hydrogen (secondary N) is 1. The number of amides is 1. The fraction of sp³-hybridized carbons (Fsp3) is 0.240. The molecule has 0 bridgehead atoms. The lowest BCUT2D eigenvalue weighted by Gasteiger charge is -2.14. The molecule has 2 aromatic heterocycles. The van der Waals surface area contributed by atoms with Crippen molar-refractivity contribution < 1.29 is 14.3 Å². The summed E-state index contributed by atoms with van der Waals surface area (Å²) in [5.74, 6) is 2.18. The summed E-state index contributed by atoms with van der Waals surface area (Å²) in [5, 5.41) is 14.5. The van der Waals surface area contributed by atoms with Crippen LogP contribution < -0.4 is 10.1 Å². The molecule has 9 heteroatoms. The predicted molar refractivity (Wildman–Crippen MR) is 135 cm³/mol. The topological polar surface area (TPSA) is 78.3 Å². The normalized spacial score (nSPS) is 15.4. The zero-order valence-corrected chi connectivity index (χ0v) is 20.1. The third kappa shape index (κ3) is 5.49. The van der Waals surface area contributed by atoms with Gasteiger partial charge < -0.3 is 14.8 Å². The molecule has 3 heterocycles. The van der Waals surface area contributed by atoms with Gasteiger partial charge in [0.1, 0.15) is 5.75 Å². The van der Waals surface area contributed by atoms with Gasteiger partial charge in [0.05, 0.1) is 29.0 Å². The zero-order chi connectivity index (χ0) is 23.2. The number of ether oxygens (including phenoxy) is 2. The maximum absolute atomic E-state index is 12.8. The van der Waals surface area contributed by atoms with E-state index >= 15 is 0 Å². The van der Waals surface area contributed by atoms with E-state index in [1.54, 1.807) is 11.3 Å². The lowest BCUT2D eigenvalue weighted by molar-refractivity contribution is -0.113. The van der Waals surface area contributed by atoms with E-state index in [2.05, 4.69) is 20.1 Å². The number of anilines is 1. The first kappa shape index (κ1) is 22.6. The van der Waals surface area contributed by atoms with Gasteiger partial charge in [-0.3, -0.25) is 9.36 Å². The molecule has 0 radical (unpaired) electrons. The summed E-state index contributed by atoms with van der Waals surface area (Å²) in [6.07, 6.45) is 2.23. The first-order valence-electron chi connectivity index (χ1n) is 11.1. The van der Waals surface area contributed by atoms with Crippen molar-refractivity contribution in [2.24, 2.45) is 0 Å². The summed E-state index contributed by atoms with van der Waals surface area (Å²) < 4.78 is 13.9. The largest absolute Gasteiger partial charge is 0.455 e. The Bertz CT molecular complexity index is 1220. The quantitative estimate of drug-likeness (QED) is 0.302. The number of hydrogen-bond acceptors (Lipinski definition) is 7. The smallest absolute Gasteiger partial charge is 0.234 e. The van der Waals surface area contributed by atoms with Crippen molar-refractivity contribution in [1.82, 2.24) is 14.8 Å². The Morgan fingerprint density at radius 2 is 1.97 bits per heavy atom. The summed E-state index contributed by atoms with van der Waals surface area (Å²) in [7, 11) is 0. The van der Waals surface area contributed by atoms with Crippen LogP contribution in [0.3, 0.4) is 0 Å². The molecule has 1 saturated heterocycles. The Balaban J connectivity index is 1.27. The summed E-state index contributed by atoms with van der Waals surface area (Å²) in [5.41, 5.74) is 0.622. The average Bonchev–Trinajstić information content (AvgIpc) is 3.63. The van der Waals surface area contributed by atoms with Gasteiger partial charge in [0.25, 0.3) is 0 Å². The third-order valence-electron chi connectivity index (χ3n) is 5.33. The number of aromatic nitrogens is 3. The minimum Gasteiger partial charge on any atom is -0.455 e. The van der Waals surface area contributed by atoms with Gasteiger partial charge >= 0.3 is 0 Å². The number of para-hydroxylation sites is 3. The lowest BCUT2D eigenvalue weighted by atomic mass is 10.2. The number of nitrogens with zero attached hydrogens (tertiary/aromatic N) is 3.